The van der Waals surface area contributed by atoms with Gasteiger partial charge in [0.2, 0.25) is 0 Å². The van der Waals surface area contributed by atoms with E-state index in [4.69, 9.17) is 0 Å². The predicted octanol–water partition coefficient (Wildman–Crippen LogP) is 2.04. The zero-order valence-corrected chi connectivity index (χ0v) is 11.7. The zero-order valence-electron chi connectivity index (χ0n) is 11.7. The number of nitrogens with zero attached hydrogens (tertiary/aromatic N) is 3. The third-order valence-corrected chi connectivity index (χ3v) is 3.59. The summed E-state index contributed by atoms with van der Waals surface area (Å²) in [5.41, 5.74) is 1.12. The molecule has 1 aliphatic heterocycles. The standard InChI is InChI=1S/C14H24N4/c1-11(2)13-7-14(17-10-16-13)18(3)9-12-5-4-6-15-8-12/h7,10-12,15H,4-6,8-9H2,1-3H3. The maximum Gasteiger partial charge on any atom is 0.131 e. The van der Waals surface area contributed by atoms with Crippen molar-refractivity contribution in [2.75, 3.05) is 31.6 Å². The van der Waals surface area contributed by atoms with Gasteiger partial charge in [0.25, 0.3) is 0 Å². The van der Waals surface area contributed by atoms with Crippen LogP contribution in [0.25, 0.3) is 0 Å². The second kappa shape index (κ2) is 6.14. The molecule has 0 amide bonds. The van der Waals surface area contributed by atoms with Crippen molar-refractivity contribution in [3.63, 3.8) is 0 Å². The minimum absolute atomic E-state index is 0.455. The molecule has 1 atom stereocenters. The van der Waals surface area contributed by atoms with E-state index in [1.165, 1.54) is 19.4 Å². The molecule has 4 heteroatoms. The Hall–Kier alpha value is -1.16. The third kappa shape index (κ3) is 3.42. The van der Waals surface area contributed by atoms with Crippen molar-refractivity contribution < 1.29 is 0 Å². The Balaban J connectivity index is 1.99. The molecule has 1 unspecified atom stereocenters. The van der Waals surface area contributed by atoms with Crippen LogP contribution in [0.1, 0.15) is 38.3 Å². The summed E-state index contributed by atoms with van der Waals surface area (Å²) in [5.74, 6) is 2.23. The number of anilines is 1. The van der Waals surface area contributed by atoms with Gasteiger partial charge in [0.05, 0.1) is 0 Å². The van der Waals surface area contributed by atoms with Crippen LogP contribution in [0.2, 0.25) is 0 Å². The highest BCUT2D eigenvalue weighted by Crippen LogP contribution is 2.18. The van der Waals surface area contributed by atoms with Crippen molar-refractivity contribution in [2.24, 2.45) is 5.92 Å². The Labute approximate surface area is 110 Å². The summed E-state index contributed by atoms with van der Waals surface area (Å²) in [6.07, 6.45) is 4.29. The highest BCUT2D eigenvalue weighted by molar-refractivity contribution is 5.38. The van der Waals surface area contributed by atoms with E-state index in [0.29, 0.717) is 5.92 Å². The van der Waals surface area contributed by atoms with Crippen molar-refractivity contribution in [3.05, 3.63) is 18.1 Å². The summed E-state index contributed by atoms with van der Waals surface area (Å²) in [6, 6.07) is 2.11. The summed E-state index contributed by atoms with van der Waals surface area (Å²) >= 11 is 0. The second-order valence-electron chi connectivity index (χ2n) is 5.55. The number of hydrogen-bond donors (Lipinski definition) is 1. The largest absolute Gasteiger partial charge is 0.359 e. The van der Waals surface area contributed by atoms with Gasteiger partial charge >= 0.3 is 0 Å². The highest BCUT2D eigenvalue weighted by atomic mass is 15.2. The molecule has 1 N–H and O–H groups in total. The fourth-order valence-corrected chi connectivity index (χ4v) is 2.45. The van der Waals surface area contributed by atoms with Gasteiger partial charge in [-0.25, -0.2) is 9.97 Å². The minimum atomic E-state index is 0.455. The normalized spacial score (nSPS) is 20.1. The lowest BCUT2D eigenvalue weighted by atomic mass is 9.99. The molecule has 100 valence electrons. The molecule has 0 saturated carbocycles. The van der Waals surface area contributed by atoms with Crippen molar-refractivity contribution in [2.45, 2.75) is 32.6 Å². The van der Waals surface area contributed by atoms with Crippen molar-refractivity contribution in [1.29, 1.82) is 0 Å². The molecule has 1 aromatic heterocycles. The highest BCUT2D eigenvalue weighted by Gasteiger charge is 2.16. The van der Waals surface area contributed by atoms with Crippen LogP contribution in [0.15, 0.2) is 12.4 Å². The van der Waals surface area contributed by atoms with Gasteiger partial charge in [0, 0.05) is 25.4 Å². The fraction of sp³-hybridized carbons (Fsp3) is 0.714. The Kier molecular flexibility index (Phi) is 4.53. The lowest BCUT2D eigenvalue weighted by Gasteiger charge is -2.28. The van der Waals surface area contributed by atoms with Gasteiger partial charge in [0.1, 0.15) is 12.1 Å². The minimum Gasteiger partial charge on any atom is -0.359 e. The summed E-state index contributed by atoms with van der Waals surface area (Å²) in [4.78, 5) is 11.0. The summed E-state index contributed by atoms with van der Waals surface area (Å²) in [7, 11) is 2.13. The van der Waals surface area contributed by atoms with Crippen LogP contribution in [0.4, 0.5) is 5.82 Å². The monoisotopic (exact) mass is 248 g/mol. The molecule has 0 aliphatic carbocycles. The van der Waals surface area contributed by atoms with E-state index in [2.05, 4.69) is 47.1 Å². The lowest BCUT2D eigenvalue weighted by molar-refractivity contribution is 0.380. The summed E-state index contributed by atoms with van der Waals surface area (Å²) < 4.78 is 0. The molecule has 4 nitrogen and oxygen atoms in total. The van der Waals surface area contributed by atoms with Crippen LogP contribution in [0.3, 0.4) is 0 Å². The van der Waals surface area contributed by atoms with Gasteiger partial charge < -0.3 is 10.2 Å². The Morgan fingerprint density at radius 3 is 2.94 bits per heavy atom. The number of nitrogens with one attached hydrogen (secondary N) is 1. The van der Waals surface area contributed by atoms with Gasteiger partial charge in [0.15, 0.2) is 0 Å². The van der Waals surface area contributed by atoms with Crippen LogP contribution < -0.4 is 10.2 Å². The Morgan fingerprint density at radius 2 is 2.28 bits per heavy atom. The summed E-state index contributed by atoms with van der Waals surface area (Å²) in [5, 5.41) is 3.46. The van der Waals surface area contributed by atoms with E-state index in [1.54, 1.807) is 6.33 Å². The molecule has 0 spiro atoms. The van der Waals surface area contributed by atoms with Gasteiger partial charge in [-0.15, -0.1) is 0 Å². The summed E-state index contributed by atoms with van der Waals surface area (Å²) in [6.45, 7) is 7.70. The van der Waals surface area contributed by atoms with Crippen LogP contribution in [0.5, 0.6) is 0 Å². The van der Waals surface area contributed by atoms with Crippen LogP contribution in [-0.4, -0.2) is 36.6 Å². The SMILES string of the molecule is CC(C)c1cc(N(C)CC2CCCNC2)ncn1. The smallest absolute Gasteiger partial charge is 0.131 e. The van der Waals surface area contributed by atoms with Crippen LogP contribution >= 0.6 is 0 Å². The van der Waals surface area contributed by atoms with Gasteiger partial charge in [-0.2, -0.15) is 0 Å². The molecule has 0 bridgehead atoms. The maximum absolute atomic E-state index is 4.38. The van der Waals surface area contributed by atoms with Crippen molar-refractivity contribution in [1.82, 2.24) is 15.3 Å². The first kappa shape index (κ1) is 13.3. The molecule has 2 rings (SSSR count). The second-order valence-corrected chi connectivity index (χ2v) is 5.55. The number of hydrogen-bond acceptors (Lipinski definition) is 4. The first-order valence-corrected chi connectivity index (χ1v) is 6.90. The van der Waals surface area contributed by atoms with E-state index in [1.807, 2.05) is 0 Å². The first-order chi connectivity index (χ1) is 8.66. The van der Waals surface area contributed by atoms with Crippen LogP contribution in [0, 0.1) is 5.92 Å². The zero-order chi connectivity index (χ0) is 13.0. The number of rotatable bonds is 4. The maximum atomic E-state index is 4.38. The van der Waals surface area contributed by atoms with Crippen LogP contribution in [-0.2, 0) is 0 Å². The average molecular weight is 248 g/mol. The lowest BCUT2D eigenvalue weighted by Crippen LogP contribution is -2.37. The molecule has 0 aromatic carbocycles. The molecular weight excluding hydrogens is 224 g/mol. The number of piperidine rings is 1. The van der Waals surface area contributed by atoms with Crippen molar-refractivity contribution in [3.8, 4) is 0 Å². The first-order valence-electron chi connectivity index (χ1n) is 6.90. The molecule has 0 radical (unpaired) electrons. The van der Waals surface area contributed by atoms with Gasteiger partial charge in [-0.05, 0) is 37.8 Å². The third-order valence-electron chi connectivity index (χ3n) is 3.59. The quantitative estimate of drug-likeness (QED) is 0.885. The topological polar surface area (TPSA) is 41.0 Å². The van der Waals surface area contributed by atoms with E-state index >= 15 is 0 Å². The molecule has 2 heterocycles. The van der Waals surface area contributed by atoms with E-state index in [0.717, 1.165) is 30.5 Å². The predicted molar refractivity (Wildman–Crippen MR) is 75.0 cm³/mol. The molecule has 18 heavy (non-hydrogen) atoms. The number of aromatic nitrogens is 2. The fourth-order valence-electron chi connectivity index (χ4n) is 2.45. The molecule has 1 aromatic rings. The molecule has 1 fully saturated rings. The van der Waals surface area contributed by atoms with Gasteiger partial charge in [-0.1, -0.05) is 13.8 Å². The van der Waals surface area contributed by atoms with E-state index in [-0.39, 0.29) is 0 Å². The van der Waals surface area contributed by atoms with Crippen molar-refractivity contribution >= 4 is 5.82 Å². The Bertz CT molecular complexity index is 372. The molecular formula is C14H24N4. The van der Waals surface area contributed by atoms with Gasteiger partial charge in [-0.3, -0.25) is 0 Å². The molecule has 1 saturated heterocycles. The molecule has 1 aliphatic rings. The average Bonchev–Trinajstić information content (AvgIpc) is 2.40. The van der Waals surface area contributed by atoms with E-state index in [9.17, 15) is 0 Å². The Morgan fingerprint density at radius 1 is 1.44 bits per heavy atom. The van der Waals surface area contributed by atoms with E-state index < -0.39 is 0 Å².